The van der Waals surface area contributed by atoms with Crippen LogP contribution in [0.3, 0.4) is 0 Å². The molecule has 3 nitrogen and oxygen atoms in total. The second-order valence-corrected chi connectivity index (χ2v) is 7.18. The summed E-state index contributed by atoms with van der Waals surface area (Å²) in [5, 5.41) is 11.0. The van der Waals surface area contributed by atoms with Gasteiger partial charge in [0.15, 0.2) is 11.0 Å². The van der Waals surface area contributed by atoms with Crippen LogP contribution in [-0.4, -0.2) is 14.8 Å². The molecule has 2 aromatic carbocycles. The summed E-state index contributed by atoms with van der Waals surface area (Å²) in [6.45, 7) is 5.00. The van der Waals surface area contributed by atoms with Crippen LogP contribution >= 0.6 is 35.0 Å². The van der Waals surface area contributed by atoms with E-state index in [9.17, 15) is 0 Å². The Bertz CT molecular complexity index is 861. The lowest BCUT2D eigenvalue weighted by atomic mass is 10.1. The summed E-state index contributed by atoms with van der Waals surface area (Å²) >= 11 is 13.8. The lowest BCUT2D eigenvalue weighted by Crippen LogP contribution is -2.00. The first-order valence-corrected chi connectivity index (χ1v) is 9.40. The summed E-state index contributed by atoms with van der Waals surface area (Å²) in [6, 6.07) is 13.8. The van der Waals surface area contributed by atoms with Crippen molar-refractivity contribution in [2.24, 2.45) is 0 Å². The van der Waals surface area contributed by atoms with Gasteiger partial charge in [-0.1, -0.05) is 65.3 Å². The highest BCUT2D eigenvalue weighted by atomic mass is 35.5. The van der Waals surface area contributed by atoms with Crippen molar-refractivity contribution in [2.45, 2.75) is 31.3 Å². The van der Waals surface area contributed by atoms with Gasteiger partial charge >= 0.3 is 0 Å². The number of halogens is 2. The van der Waals surface area contributed by atoms with Gasteiger partial charge in [0.05, 0.1) is 0 Å². The van der Waals surface area contributed by atoms with E-state index >= 15 is 0 Å². The second-order valence-electron chi connectivity index (χ2n) is 5.39. The fourth-order valence-electron chi connectivity index (χ4n) is 2.48. The monoisotopic (exact) mass is 377 g/mol. The highest BCUT2D eigenvalue weighted by Gasteiger charge is 2.15. The molecule has 6 heteroatoms. The Morgan fingerprint density at radius 3 is 2.58 bits per heavy atom. The van der Waals surface area contributed by atoms with E-state index in [0.29, 0.717) is 10.0 Å². The minimum absolute atomic E-state index is 0.646. The number of aromatic nitrogens is 3. The molecular weight excluding hydrogens is 361 g/mol. The van der Waals surface area contributed by atoms with Crippen LogP contribution in [-0.2, 0) is 12.3 Å². The van der Waals surface area contributed by atoms with Crippen LogP contribution < -0.4 is 0 Å². The van der Waals surface area contributed by atoms with Crippen LogP contribution in [0.25, 0.3) is 11.4 Å². The van der Waals surface area contributed by atoms with Gasteiger partial charge in [-0.3, -0.25) is 0 Å². The zero-order valence-corrected chi connectivity index (χ0v) is 15.8. The van der Waals surface area contributed by atoms with Gasteiger partial charge < -0.3 is 4.57 Å². The molecule has 0 fully saturated rings. The Hall–Kier alpha value is -1.49. The SMILES string of the molecule is CCn1c(SCc2ccc(Cl)cc2Cl)nnc1-c1ccccc1C. The first-order chi connectivity index (χ1) is 11.6. The number of benzene rings is 2. The molecule has 0 spiro atoms. The molecule has 0 aliphatic rings. The zero-order chi connectivity index (χ0) is 17.1. The molecule has 0 saturated heterocycles. The molecule has 24 heavy (non-hydrogen) atoms. The van der Waals surface area contributed by atoms with Crippen molar-refractivity contribution in [3.8, 4) is 11.4 Å². The molecule has 0 radical (unpaired) electrons. The van der Waals surface area contributed by atoms with Gasteiger partial charge in [0.1, 0.15) is 0 Å². The van der Waals surface area contributed by atoms with Gasteiger partial charge in [0.25, 0.3) is 0 Å². The van der Waals surface area contributed by atoms with Crippen LogP contribution in [0, 0.1) is 6.92 Å². The number of rotatable bonds is 5. The minimum atomic E-state index is 0.646. The fourth-order valence-corrected chi connectivity index (χ4v) is 4.05. The summed E-state index contributed by atoms with van der Waals surface area (Å²) in [4.78, 5) is 0. The summed E-state index contributed by atoms with van der Waals surface area (Å²) in [6.07, 6.45) is 0. The van der Waals surface area contributed by atoms with Crippen LogP contribution in [0.4, 0.5) is 0 Å². The van der Waals surface area contributed by atoms with Crippen molar-refractivity contribution in [1.82, 2.24) is 14.8 Å². The number of hydrogen-bond donors (Lipinski definition) is 0. The maximum atomic E-state index is 6.25. The lowest BCUT2D eigenvalue weighted by molar-refractivity contribution is 0.687. The summed E-state index contributed by atoms with van der Waals surface area (Å²) in [7, 11) is 0. The number of aryl methyl sites for hydroxylation is 1. The van der Waals surface area contributed by atoms with Crippen molar-refractivity contribution < 1.29 is 0 Å². The average Bonchev–Trinajstić information content (AvgIpc) is 2.97. The van der Waals surface area contributed by atoms with Gasteiger partial charge in [-0.15, -0.1) is 10.2 Å². The van der Waals surface area contributed by atoms with Gasteiger partial charge in [0, 0.05) is 27.9 Å². The van der Waals surface area contributed by atoms with Crippen LogP contribution in [0.1, 0.15) is 18.1 Å². The van der Waals surface area contributed by atoms with Crippen molar-refractivity contribution in [3.63, 3.8) is 0 Å². The van der Waals surface area contributed by atoms with E-state index in [1.165, 1.54) is 5.56 Å². The Balaban J connectivity index is 1.86. The molecule has 1 heterocycles. The number of thioether (sulfide) groups is 1. The predicted octanol–water partition coefficient (Wildman–Crippen LogP) is 5.87. The molecule has 0 atom stereocenters. The molecule has 0 amide bonds. The third-order valence-corrected chi connectivity index (χ3v) is 5.39. The van der Waals surface area contributed by atoms with Crippen molar-refractivity contribution in [1.29, 1.82) is 0 Å². The topological polar surface area (TPSA) is 30.7 Å². The van der Waals surface area contributed by atoms with Crippen LogP contribution in [0.2, 0.25) is 10.0 Å². The highest BCUT2D eigenvalue weighted by molar-refractivity contribution is 7.98. The Kier molecular flexibility index (Phi) is 5.49. The average molecular weight is 378 g/mol. The molecule has 0 unspecified atom stereocenters. The minimum Gasteiger partial charge on any atom is -0.302 e. The second kappa shape index (κ2) is 7.60. The zero-order valence-electron chi connectivity index (χ0n) is 13.5. The van der Waals surface area contributed by atoms with Crippen molar-refractivity contribution in [3.05, 3.63) is 63.6 Å². The van der Waals surface area contributed by atoms with E-state index in [2.05, 4.69) is 40.7 Å². The standard InChI is InChI=1S/C18H17Cl2N3S/c1-3-23-17(15-7-5-4-6-12(15)2)21-22-18(23)24-11-13-8-9-14(19)10-16(13)20/h4-10H,3,11H2,1-2H3. The smallest absolute Gasteiger partial charge is 0.191 e. The lowest BCUT2D eigenvalue weighted by Gasteiger charge is -2.09. The van der Waals surface area contributed by atoms with Gasteiger partial charge in [-0.2, -0.15) is 0 Å². The quantitative estimate of drug-likeness (QED) is 0.520. The first-order valence-electron chi connectivity index (χ1n) is 7.66. The van der Waals surface area contributed by atoms with Crippen LogP contribution in [0.15, 0.2) is 47.6 Å². The largest absolute Gasteiger partial charge is 0.302 e. The molecule has 124 valence electrons. The van der Waals surface area contributed by atoms with E-state index in [1.54, 1.807) is 17.8 Å². The van der Waals surface area contributed by atoms with E-state index in [1.807, 2.05) is 24.3 Å². The molecule has 1 aromatic heterocycles. The number of hydrogen-bond acceptors (Lipinski definition) is 3. The van der Waals surface area contributed by atoms with Crippen molar-refractivity contribution in [2.75, 3.05) is 0 Å². The van der Waals surface area contributed by atoms with Gasteiger partial charge in [-0.05, 0) is 37.1 Å². The molecule has 0 aliphatic heterocycles. The van der Waals surface area contributed by atoms with E-state index in [0.717, 1.165) is 34.4 Å². The third-order valence-electron chi connectivity index (χ3n) is 3.79. The molecule has 0 bridgehead atoms. The molecular formula is C18H17Cl2N3S. The Morgan fingerprint density at radius 1 is 1.08 bits per heavy atom. The third kappa shape index (κ3) is 3.61. The molecule has 0 aliphatic carbocycles. The van der Waals surface area contributed by atoms with E-state index in [4.69, 9.17) is 23.2 Å². The molecule has 0 saturated carbocycles. The summed E-state index contributed by atoms with van der Waals surface area (Å²) in [5.41, 5.74) is 3.34. The molecule has 3 aromatic rings. The highest BCUT2D eigenvalue weighted by Crippen LogP contribution is 2.30. The predicted molar refractivity (Wildman–Crippen MR) is 102 cm³/mol. The van der Waals surface area contributed by atoms with Gasteiger partial charge in [-0.25, -0.2) is 0 Å². The molecule has 3 rings (SSSR count). The fraction of sp³-hybridized carbons (Fsp3) is 0.222. The first kappa shape index (κ1) is 17.3. The Morgan fingerprint density at radius 2 is 1.88 bits per heavy atom. The van der Waals surface area contributed by atoms with Crippen LogP contribution in [0.5, 0.6) is 0 Å². The summed E-state index contributed by atoms with van der Waals surface area (Å²) in [5.74, 6) is 1.63. The maximum absolute atomic E-state index is 6.25. The normalized spacial score (nSPS) is 11.0. The summed E-state index contributed by atoms with van der Waals surface area (Å²) < 4.78 is 2.14. The molecule has 0 N–H and O–H groups in total. The van der Waals surface area contributed by atoms with E-state index < -0.39 is 0 Å². The van der Waals surface area contributed by atoms with E-state index in [-0.39, 0.29) is 0 Å². The maximum Gasteiger partial charge on any atom is 0.191 e. The Labute approximate surface area is 156 Å². The van der Waals surface area contributed by atoms with Gasteiger partial charge in [0.2, 0.25) is 0 Å². The van der Waals surface area contributed by atoms with Crippen molar-refractivity contribution >= 4 is 35.0 Å². The number of nitrogens with zero attached hydrogens (tertiary/aromatic N) is 3.